The molecule has 0 saturated heterocycles. The lowest BCUT2D eigenvalue weighted by atomic mass is 10.1. The van der Waals surface area contributed by atoms with Gasteiger partial charge in [-0.3, -0.25) is 14.9 Å². The summed E-state index contributed by atoms with van der Waals surface area (Å²) in [7, 11) is 1.47. The molecule has 0 fully saturated rings. The fourth-order valence-corrected chi connectivity index (χ4v) is 3.00. The van der Waals surface area contributed by atoms with Crippen molar-refractivity contribution in [3.8, 4) is 17.1 Å². The highest BCUT2D eigenvalue weighted by atomic mass is 79.9. The molecule has 8 nitrogen and oxygen atoms in total. The second-order valence-corrected chi connectivity index (χ2v) is 6.94. The molecule has 0 aliphatic rings. The van der Waals surface area contributed by atoms with Gasteiger partial charge in [0.15, 0.2) is 0 Å². The summed E-state index contributed by atoms with van der Waals surface area (Å²) in [6.07, 6.45) is 1.31. The van der Waals surface area contributed by atoms with Crippen LogP contribution in [0.25, 0.3) is 11.3 Å². The van der Waals surface area contributed by atoms with Gasteiger partial charge >= 0.3 is 0 Å². The van der Waals surface area contributed by atoms with Gasteiger partial charge in [-0.2, -0.15) is 5.10 Å². The van der Waals surface area contributed by atoms with Crippen molar-refractivity contribution in [2.75, 3.05) is 7.11 Å². The molecule has 0 spiro atoms. The number of methoxy groups -OCH3 is 1. The third kappa shape index (κ3) is 4.69. The molecule has 0 unspecified atom stereocenters. The van der Waals surface area contributed by atoms with Crippen molar-refractivity contribution < 1.29 is 18.9 Å². The number of halogens is 1. The SMILES string of the molecule is COc1ccc(Br)cc1C(=O)NN=Cc1ccc(-c2ccc(C)cc2[N+](=O)[O-])o1. The first-order valence-corrected chi connectivity index (χ1v) is 9.20. The number of furan rings is 1. The predicted octanol–water partition coefficient (Wildman–Crippen LogP) is 4.70. The van der Waals surface area contributed by atoms with E-state index in [2.05, 4.69) is 26.5 Å². The minimum absolute atomic E-state index is 0.0436. The molecule has 148 valence electrons. The Balaban J connectivity index is 1.76. The highest BCUT2D eigenvalue weighted by molar-refractivity contribution is 9.10. The summed E-state index contributed by atoms with van der Waals surface area (Å²) in [4.78, 5) is 23.1. The number of hydrogen-bond acceptors (Lipinski definition) is 6. The Morgan fingerprint density at radius 1 is 1.24 bits per heavy atom. The molecule has 0 radical (unpaired) electrons. The summed E-state index contributed by atoms with van der Waals surface area (Å²) in [5.74, 6) is 0.614. The average Bonchev–Trinajstić information content (AvgIpc) is 3.16. The number of nitrogens with one attached hydrogen (secondary N) is 1. The molecule has 3 rings (SSSR count). The van der Waals surface area contributed by atoms with Gasteiger partial charge in [0.05, 0.1) is 29.4 Å². The van der Waals surface area contributed by atoms with Gasteiger partial charge in [-0.1, -0.05) is 22.0 Å². The van der Waals surface area contributed by atoms with Crippen molar-refractivity contribution in [1.29, 1.82) is 0 Å². The number of amides is 1. The standard InChI is InChI=1S/C20H16BrN3O5/c1-12-3-6-15(17(9-12)24(26)27)19-8-5-14(29-19)11-22-23-20(25)16-10-13(21)4-7-18(16)28-2/h3-11H,1-2H3,(H,23,25). The number of nitrogens with zero attached hydrogens (tertiary/aromatic N) is 2. The zero-order valence-electron chi connectivity index (χ0n) is 15.5. The van der Waals surface area contributed by atoms with Crippen molar-refractivity contribution in [1.82, 2.24) is 5.43 Å². The van der Waals surface area contributed by atoms with E-state index in [-0.39, 0.29) is 5.69 Å². The van der Waals surface area contributed by atoms with Crippen molar-refractivity contribution in [2.24, 2.45) is 5.10 Å². The third-order valence-corrected chi connectivity index (χ3v) is 4.50. The van der Waals surface area contributed by atoms with E-state index in [1.54, 1.807) is 49.4 Å². The number of hydrogen-bond donors (Lipinski definition) is 1. The zero-order valence-corrected chi connectivity index (χ0v) is 17.1. The maximum atomic E-state index is 12.3. The van der Waals surface area contributed by atoms with Crippen molar-refractivity contribution in [3.05, 3.63) is 80.0 Å². The molecule has 1 N–H and O–H groups in total. The summed E-state index contributed by atoms with van der Waals surface area (Å²) >= 11 is 3.31. The molecular weight excluding hydrogens is 442 g/mol. The molecule has 2 aromatic carbocycles. The van der Waals surface area contributed by atoms with Gasteiger partial charge in [0.1, 0.15) is 17.3 Å². The van der Waals surface area contributed by atoms with Gasteiger partial charge in [0.25, 0.3) is 11.6 Å². The number of rotatable bonds is 6. The molecule has 0 aliphatic carbocycles. The first kappa shape index (κ1) is 20.3. The van der Waals surface area contributed by atoms with Gasteiger partial charge in [-0.25, -0.2) is 5.43 Å². The van der Waals surface area contributed by atoms with Gasteiger partial charge in [-0.05, 0) is 48.9 Å². The number of benzene rings is 2. The fourth-order valence-electron chi connectivity index (χ4n) is 2.64. The van der Waals surface area contributed by atoms with Crippen molar-refractivity contribution in [3.63, 3.8) is 0 Å². The summed E-state index contributed by atoms with van der Waals surface area (Å²) in [6.45, 7) is 1.78. The molecule has 0 bridgehead atoms. The van der Waals surface area contributed by atoms with Crippen LogP contribution in [0.15, 0.2) is 62.5 Å². The molecular formula is C20H16BrN3O5. The van der Waals surface area contributed by atoms with Gasteiger partial charge in [-0.15, -0.1) is 0 Å². The van der Waals surface area contributed by atoms with Crippen LogP contribution in [0.1, 0.15) is 21.7 Å². The fraction of sp³-hybridized carbons (Fsp3) is 0.100. The van der Waals surface area contributed by atoms with E-state index in [9.17, 15) is 14.9 Å². The Bertz CT molecular complexity index is 1110. The van der Waals surface area contributed by atoms with Crippen LogP contribution in [-0.2, 0) is 0 Å². The van der Waals surface area contributed by atoms with E-state index in [1.807, 2.05) is 0 Å². The van der Waals surface area contributed by atoms with Crippen molar-refractivity contribution in [2.45, 2.75) is 6.92 Å². The van der Waals surface area contributed by atoms with Gasteiger partial charge in [0, 0.05) is 10.5 Å². The number of carbonyl (C=O) groups is 1. The number of nitro groups is 1. The summed E-state index contributed by atoms with van der Waals surface area (Å²) < 4.78 is 11.5. The molecule has 1 aromatic heterocycles. The van der Waals surface area contributed by atoms with E-state index < -0.39 is 10.8 Å². The topological polar surface area (TPSA) is 107 Å². The highest BCUT2D eigenvalue weighted by Crippen LogP contribution is 2.31. The molecule has 0 atom stereocenters. The van der Waals surface area contributed by atoms with E-state index in [1.165, 1.54) is 19.4 Å². The monoisotopic (exact) mass is 457 g/mol. The number of nitro benzene ring substituents is 1. The predicted molar refractivity (Wildman–Crippen MR) is 111 cm³/mol. The summed E-state index contributed by atoms with van der Waals surface area (Å²) in [5.41, 5.74) is 3.81. The Kier molecular flexibility index (Phi) is 6.08. The zero-order chi connectivity index (χ0) is 21.0. The molecule has 3 aromatic rings. The second kappa shape index (κ2) is 8.70. The summed E-state index contributed by atoms with van der Waals surface area (Å²) in [6, 6.07) is 13.1. The maximum absolute atomic E-state index is 12.3. The molecule has 29 heavy (non-hydrogen) atoms. The van der Waals surface area contributed by atoms with Crippen LogP contribution >= 0.6 is 15.9 Å². The molecule has 1 heterocycles. The first-order chi connectivity index (χ1) is 13.9. The van der Waals surface area contributed by atoms with Crippen LogP contribution in [-0.4, -0.2) is 24.2 Å². The average molecular weight is 458 g/mol. The minimum Gasteiger partial charge on any atom is -0.496 e. The highest BCUT2D eigenvalue weighted by Gasteiger charge is 2.18. The van der Waals surface area contributed by atoms with Crippen LogP contribution < -0.4 is 10.2 Å². The van der Waals surface area contributed by atoms with E-state index in [0.29, 0.717) is 28.4 Å². The van der Waals surface area contributed by atoms with E-state index in [4.69, 9.17) is 9.15 Å². The quantitative estimate of drug-likeness (QED) is 0.328. The second-order valence-electron chi connectivity index (χ2n) is 6.02. The number of hydrazone groups is 1. The number of aryl methyl sites for hydroxylation is 1. The lowest BCUT2D eigenvalue weighted by Crippen LogP contribution is -2.18. The largest absolute Gasteiger partial charge is 0.496 e. The molecule has 9 heteroatoms. The third-order valence-electron chi connectivity index (χ3n) is 4.01. The van der Waals surface area contributed by atoms with Gasteiger partial charge < -0.3 is 9.15 Å². The minimum atomic E-state index is -0.458. The molecule has 1 amide bonds. The Morgan fingerprint density at radius 2 is 2.03 bits per heavy atom. The van der Waals surface area contributed by atoms with Crippen LogP contribution in [0, 0.1) is 17.0 Å². The lowest BCUT2D eigenvalue weighted by molar-refractivity contribution is -0.384. The first-order valence-electron chi connectivity index (χ1n) is 8.41. The maximum Gasteiger partial charge on any atom is 0.280 e. The van der Waals surface area contributed by atoms with Crippen LogP contribution in [0.3, 0.4) is 0 Å². The Hall–Kier alpha value is -3.46. The smallest absolute Gasteiger partial charge is 0.280 e. The van der Waals surface area contributed by atoms with Crippen LogP contribution in [0.2, 0.25) is 0 Å². The normalized spacial score (nSPS) is 10.9. The van der Waals surface area contributed by atoms with E-state index >= 15 is 0 Å². The Morgan fingerprint density at radius 3 is 2.76 bits per heavy atom. The lowest BCUT2D eigenvalue weighted by Gasteiger charge is -2.07. The number of carbonyl (C=O) groups excluding carboxylic acids is 1. The summed E-state index contributed by atoms with van der Waals surface area (Å²) in [5, 5.41) is 15.2. The Labute approximate surface area is 174 Å². The van der Waals surface area contributed by atoms with Crippen LogP contribution in [0.4, 0.5) is 5.69 Å². The van der Waals surface area contributed by atoms with Crippen molar-refractivity contribution >= 4 is 33.7 Å². The molecule has 0 saturated carbocycles. The van der Waals surface area contributed by atoms with E-state index in [0.717, 1.165) is 10.0 Å². The van der Waals surface area contributed by atoms with Crippen LogP contribution in [0.5, 0.6) is 5.75 Å². The number of ether oxygens (including phenoxy) is 1. The van der Waals surface area contributed by atoms with Gasteiger partial charge in [0.2, 0.25) is 0 Å². The molecule has 0 aliphatic heterocycles.